The van der Waals surface area contributed by atoms with Crippen LogP contribution in [0.2, 0.25) is 0 Å². The van der Waals surface area contributed by atoms with E-state index in [4.69, 9.17) is 9.47 Å². The zero-order valence-corrected chi connectivity index (χ0v) is 23.5. The third kappa shape index (κ3) is 9.02. The normalized spacial score (nSPS) is 22.8. The Morgan fingerprint density at radius 1 is 1.03 bits per heavy atom. The number of hydrogen-bond donors (Lipinski definition) is 1. The fraction of sp³-hybridized carbons (Fsp3) is 0.630. The van der Waals surface area contributed by atoms with E-state index in [0.29, 0.717) is 26.1 Å². The van der Waals surface area contributed by atoms with Crippen molar-refractivity contribution in [1.82, 2.24) is 9.03 Å². The van der Waals surface area contributed by atoms with Gasteiger partial charge in [0.25, 0.3) is 0 Å². The van der Waals surface area contributed by atoms with Gasteiger partial charge in [-0.05, 0) is 78.0 Å². The van der Waals surface area contributed by atoms with Crippen LogP contribution >= 0.6 is 0 Å². The molecule has 1 aromatic rings. The molecule has 0 saturated carbocycles. The predicted molar refractivity (Wildman–Crippen MR) is 145 cm³/mol. The van der Waals surface area contributed by atoms with Crippen LogP contribution in [0.5, 0.6) is 0 Å². The smallest absolute Gasteiger partial charge is 0.146 e. The van der Waals surface area contributed by atoms with Crippen molar-refractivity contribution >= 4 is 22.7 Å². The summed E-state index contributed by atoms with van der Waals surface area (Å²) >= 11 is -2.39. The van der Waals surface area contributed by atoms with Gasteiger partial charge in [-0.2, -0.15) is 0 Å². The Hall–Kier alpha value is -1.16. The van der Waals surface area contributed by atoms with Crippen LogP contribution in [-0.4, -0.2) is 48.2 Å². The van der Waals surface area contributed by atoms with Crippen LogP contribution in [0.15, 0.2) is 54.5 Å². The summed E-state index contributed by atoms with van der Waals surface area (Å²) in [4.78, 5) is 0. The molecule has 0 aliphatic carbocycles. The van der Waals surface area contributed by atoms with Crippen molar-refractivity contribution in [2.75, 3.05) is 13.1 Å². The molecule has 1 N–H and O–H groups in total. The lowest BCUT2D eigenvalue weighted by atomic mass is 10.0. The van der Waals surface area contributed by atoms with Crippen LogP contribution in [0.25, 0.3) is 0 Å². The third-order valence-corrected chi connectivity index (χ3v) is 9.49. The molecule has 0 aromatic heterocycles. The number of allylic oxidation sites excluding steroid dienone is 3. The number of rotatable bonds is 11. The molecule has 1 aromatic carbocycles. The molecule has 0 fully saturated rings. The lowest BCUT2D eigenvalue weighted by molar-refractivity contribution is 0.0882. The number of nitrogens with zero attached hydrogens (tertiary/aromatic N) is 1. The molecular formula is C27H42N2O4S2. The van der Waals surface area contributed by atoms with Gasteiger partial charge in [0.2, 0.25) is 0 Å². The van der Waals surface area contributed by atoms with Gasteiger partial charge in [0.05, 0.1) is 38.1 Å². The van der Waals surface area contributed by atoms with Crippen LogP contribution in [-0.2, 0) is 38.7 Å². The summed E-state index contributed by atoms with van der Waals surface area (Å²) in [6, 6.07) is 10.2. The summed E-state index contributed by atoms with van der Waals surface area (Å²) in [5, 5.41) is 0. The molecule has 6 nitrogen and oxygen atoms in total. The Kier molecular flexibility index (Phi) is 10.5. The summed E-state index contributed by atoms with van der Waals surface area (Å²) in [5.74, 6) is 0.874. The summed E-state index contributed by atoms with van der Waals surface area (Å²) < 4.78 is 42.7. The molecule has 0 amide bonds. The van der Waals surface area contributed by atoms with Crippen LogP contribution in [0.4, 0.5) is 0 Å². The highest BCUT2D eigenvalue weighted by atomic mass is 32.2. The maximum absolute atomic E-state index is 14.0. The molecule has 196 valence electrons. The van der Waals surface area contributed by atoms with Gasteiger partial charge in [0, 0.05) is 22.7 Å². The predicted octanol–water partition coefficient (Wildman–Crippen LogP) is 5.13. The first kappa shape index (κ1) is 28.4. The standard InChI is InChI=1S/C27H42N2O4S2/c1-26(2,3)34(30)28-19-24-16-11-15-23(33-24)18-27(4,5)35(31)29(20-22-12-7-6-8-13-22)21-25-14-9-10-17-32-25/h6-8,10,12-13,15,17,24-25,28H,9,11,14,16,18-21H2,1-5H3/t24-,25-,34+,35-/m0/s1. The van der Waals surface area contributed by atoms with Gasteiger partial charge in [-0.15, -0.1) is 9.03 Å². The Bertz CT molecular complexity index is 841. The summed E-state index contributed by atoms with van der Waals surface area (Å²) in [7, 11) is 0. The van der Waals surface area contributed by atoms with Gasteiger partial charge in [0.1, 0.15) is 21.7 Å². The fourth-order valence-corrected chi connectivity index (χ4v) is 6.45. The quantitative estimate of drug-likeness (QED) is 0.406. The van der Waals surface area contributed by atoms with Gasteiger partial charge >= 0.3 is 0 Å². The zero-order chi connectivity index (χ0) is 25.5. The van der Waals surface area contributed by atoms with Gasteiger partial charge in [0.15, 0.2) is 0 Å². The largest absolute Gasteiger partial charge is 0.598 e. The van der Waals surface area contributed by atoms with Crippen molar-refractivity contribution in [2.24, 2.45) is 0 Å². The van der Waals surface area contributed by atoms with Gasteiger partial charge < -0.3 is 18.6 Å². The summed E-state index contributed by atoms with van der Waals surface area (Å²) in [5.41, 5.74) is 1.13. The minimum atomic E-state index is -1.26. The molecule has 0 radical (unpaired) electrons. The molecule has 35 heavy (non-hydrogen) atoms. The van der Waals surface area contributed by atoms with Crippen molar-refractivity contribution < 1.29 is 18.6 Å². The number of ether oxygens (including phenoxy) is 2. The molecule has 2 aliphatic rings. The Morgan fingerprint density at radius 2 is 1.74 bits per heavy atom. The lowest BCUT2D eigenvalue weighted by Gasteiger charge is -2.38. The highest BCUT2D eigenvalue weighted by Crippen LogP contribution is 2.33. The van der Waals surface area contributed by atoms with Crippen molar-refractivity contribution in [3.63, 3.8) is 0 Å². The molecule has 0 spiro atoms. The molecule has 0 bridgehead atoms. The lowest BCUT2D eigenvalue weighted by Crippen LogP contribution is -2.48. The average Bonchev–Trinajstić information content (AvgIpc) is 2.82. The van der Waals surface area contributed by atoms with Crippen LogP contribution in [0, 0.1) is 0 Å². The maximum Gasteiger partial charge on any atom is 0.146 e. The van der Waals surface area contributed by atoms with Crippen LogP contribution in [0.3, 0.4) is 0 Å². The van der Waals surface area contributed by atoms with E-state index in [9.17, 15) is 9.11 Å². The Morgan fingerprint density at radius 3 is 2.40 bits per heavy atom. The van der Waals surface area contributed by atoms with Crippen LogP contribution < -0.4 is 4.72 Å². The molecule has 0 unspecified atom stereocenters. The SMILES string of the molecule is CC(C)(C)[S@@+]([O-])NC[C@@H]1CCC=C(CC(C)(C)[S@+]([O-])N(Cc2ccccc2)C[C@@H]2CCC=CO2)O1. The van der Waals surface area contributed by atoms with E-state index in [2.05, 4.69) is 22.9 Å². The summed E-state index contributed by atoms with van der Waals surface area (Å²) in [6.07, 6.45) is 10.2. The van der Waals surface area contributed by atoms with Gasteiger partial charge in [-0.1, -0.05) is 30.3 Å². The van der Waals surface area contributed by atoms with E-state index in [1.54, 1.807) is 6.26 Å². The molecule has 8 heteroatoms. The molecule has 2 aliphatic heterocycles. The molecule has 2 heterocycles. The minimum absolute atomic E-state index is 0.0339. The minimum Gasteiger partial charge on any atom is -0.598 e. The van der Waals surface area contributed by atoms with Crippen molar-refractivity contribution in [3.8, 4) is 0 Å². The van der Waals surface area contributed by atoms with Crippen molar-refractivity contribution in [3.05, 3.63) is 60.1 Å². The number of benzene rings is 1. The highest BCUT2D eigenvalue weighted by molar-refractivity contribution is 7.91. The monoisotopic (exact) mass is 522 g/mol. The van der Waals surface area contributed by atoms with Gasteiger partial charge in [-0.3, -0.25) is 0 Å². The fourth-order valence-electron chi connectivity index (χ4n) is 4.15. The van der Waals surface area contributed by atoms with E-state index in [1.165, 1.54) is 0 Å². The molecule has 0 saturated heterocycles. The highest BCUT2D eigenvalue weighted by Gasteiger charge is 2.41. The molecule has 3 rings (SSSR count). The van der Waals surface area contributed by atoms with Crippen molar-refractivity contribution in [2.45, 2.75) is 95.0 Å². The second-order valence-corrected chi connectivity index (χ2v) is 15.1. The summed E-state index contributed by atoms with van der Waals surface area (Å²) in [6.45, 7) is 11.7. The average molecular weight is 523 g/mol. The van der Waals surface area contributed by atoms with E-state index in [0.717, 1.165) is 37.0 Å². The Balaban J connectivity index is 1.63. The first-order valence-electron chi connectivity index (χ1n) is 12.6. The maximum atomic E-state index is 14.0. The molecule has 4 atom stereocenters. The topological polar surface area (TPSA) is 79.8 Å². The number of hydrogen-bond acceptors (Lipinski definition) is 6. The molecular weight excluding hydrogens is 480 g/mol. The first-order valence-corrected chi connectivity index (χ1v) is 14.8. The van der Waals surface area contributed by atoms with Crippen LogP contribution in [0.1, 0.15) is 72.3 Å². The van der Waals surface area contributed by atoms with E-state index in [-0.39, 0.29) is 17.0 Å². The van der Waals surface area contributed by atoms with E-state index < -0.39 is 27.5 Å². The van der Waals surface area contributed by atoms with Gasteiger partial charge in [-0.25, -0.2) is 0 Å². The second-order valence-electron chi connectivity index (χ2n) is 10.9. The third-order valence-electron chi connectivity index (χ3n) is 6.12. The van der Waals surface area contributed by atoms with Crippen molar-refractivity contribution in [1.29, 1.82) is 0 Å². The van der Waals surface area contributed by atoms with E-state index >= 15 is 0 Å². The Labute approximate surface area is 218 Å². The first-order chi connectivity index (χ1) is 16.5. The number of nitrogens with one attached hydrogen (secondary N) is 1. The van der Waals surface area contributed by atoms with E-state index in [1.807, 2.05) is 63.2 Å². The zero-order valence-electron chi connectivity index (χ0n) is 21.8. The second kappa shape index (κ2) is 12.9.